The molecule has 148 valence electrons. The van der Waals surface area contributed by atoms with E-state index in [-0.39, 0.29) is 17.4 Å². The molecule has 2 N–H and O–H groups in total. The van der Waals surface area contributed by atoms with Crippen molar-refractivity contribution in [3.8, 4) is 17.1 Å². The van der Waals surface area contributed by atoms with Crippen LogP contribution >= 0.6 is 11.8 Å². The molecule has 4 aromatic rings. The number of hydrogen-bond donors (Lipinski definition) is 2. The van der Waals surface area contributed by atoms with E-state index in [1.165, 1.54) is 11.8 Å². The lowest BCUT2D eigenvalue weighted by Crippen LogP contribution is -2.24. The topological polar surface area (TPSA) is 93.2 Å². The number of hydrogen-bond acceptors (Lipinski definition) is 6. The maximum Gasteiger partial charge on any atom is 0.230 e. The molecule has 0 spiro atoms. The second-order valence-corrected chi connectivity index (χ2v) is 7.35. The highest BCUT2D eigenvalue weighted by atomic mass is 32.2. The van der Waals surface area contributed by atoms with Crippen LogP contribution in [-0.4, -0.2) is 31.5 Å². The number of aromatic hydroxyl groups is 1. The van der Waals surface area contributed by atoms with Crippen molar-refractivity contribution in [2.45, 2.75) is 25.2 Å². The third kappa shape index (κ3) is 4.12. The van der Waals surface area contributed by atoms with Crippen LogP contribution < -0.4 is 5.32 Å². The van der Waals surface area contributed by atoms with E-state index in [1.807, 2.05) is 47.9 Å². The Bertz CT molecular complexity index is 1140. The van der Waals surface area contributed by atoms with Crippen LogP contribution in [0, 0.1) is 0 Å². The molecular formula is C21H20N4O3S. The summed E-state index contributed by atoms with van der Waals surface area (Å²) in [5.74, 6) is 1.52. The first-order valence-electron chi connectivity index (χ1n) is 9.23. The number of carbonyl (C=O) groups excluding carboxylic acids is 1. The maximum absolute atomic E-state index is 12.1. The minimum Gasteiger partial charge on any atom is -0.507 e. The van der Waals surface area contributed by atoms with Crippen LogP contribution in [0.4, 0.5) is 0 Å². The number of amides is 1. The molecule has 29 heavy (non-hydrogen) atoms. The van der Waals surface area contributed by atoms with Crippen molar-refractivity contribution in [1.29, 1.82) is 0 Å². The van der Waals surface area contributed by atoms with Gasteiger partial charge in [-0.2, -0.15) is 0 Å². The smallest absolute Gasteiger partial charge is 0.230 e. The molecule has 0 aliphatic carbocycles. The van der Waals surface area contributed by atoms with Crippen LogP contribution in [0.15, 0.2) is 64.4 Å². The van der Waals surface area contributed by atoms with Gasteiger partial charge >= 0.3 is 0 Å². The van der Waals surface area contributed by atoms with E-state index in [2.05, 4.69) is 15.5 Å². The number of rotatable bonds is 7. The molecule has 0 saturated heterocycles. The Morgan fingerprint density at radius 2 is 1.97 bits per heavy atom. The van der Waals surface area contributed by atoms with Crippen LogP contribution in [0.5, 0.6) is 5.75 Å². The highest BCUT2D eigenvalue weighted by molar-refractivity contribution is 7.99. The van der Waals surface area contributed by atoms with E-state index in [1.54, 1.807) is 18.4 Å². The number of furan rings is 1. The normalized spacial score (nSPS) is 11.1. The summed E-state index contributed by atoms with van der Waals surface area (Å²) in [6.45, 7) is 2.94. The highest BCUT2D eigenvalue weighted by Crippen LogP contribution is 2.34. The Hall–Kier alpha value is -3.26. The zero-order valence-corrected chi connectivity index (χ0v) is 16.6. The van der Waals surface area contributed by atoms with Gasteiger partial charge in [-0.1, -0.05) is 36.0 Å². The molecule has 0 saturated carbocycles. The second-order valence-electron chi connectivity index (χ2n) is 6.41. The zero-order valence-electron chi connectivity index (χ0n) is 15.8. The van der Waals surface area contributed by atoms with E-state index in [0.717, 1.165) is 10.8 Å². The lowest BCUT2D eigenvalue weighted by Gasteiger charge is -2.10. The van der Waals surface area contributed by atoms with Crippen molar-refractivity contribution >= 4 is 28.4 Å². The molecule has 2 aromatic carbocycles. The van der Waals surface area contributed by atoms with Gasteiger partial charge in [0, 0.05) is 6.54 Å². The zero-order chi connectivity index (χ0) is 20.2. The SMILES string of the molecule is CCn1c(SCC(=O)NCc2ccco2)nnc1-c1cc2ccccc2cc1O. The molecule has 0 aliphatic rings. The molecule has 7 nitrogen and oxygen atoms in total. The predicted molar refractivity (Wildman–Crippen MR) is 112 cm³/mol. The Labute approximate surface area is 171 Å². The second kappa shape index (κ2) is 8.40. The van der Waals surface area contributed by atoms with E-state index in [0.29, 0.717) is 35.4 Å². The van der Waals surface area contributed by atoms with E-state index >= 15 is 0 Å². The number of nitrogens with one attached hydrogen (secondary N) is 1. The first kappa shape index (κ1) is 19.1. The number of phenols is 1. The molecule has 8 heteroatoms. The van der Waals surface area contributed by atoms with Gasteiger partial charge in [0.25, 0.3) is 0 Å². The molecule has 0 fully saturated rings. The Kier molecular flexibility index (Phi) is 5.53. The van der Waals surface area contributed by atoms with Crippen molar-refractivity contribution in [2.24, 2.45) is 0 Å². The summed E-state index contributed by atoms with van der Waals surface area (Å²) in [7, 11) is 0. The molecule has 0 bridgehead atoms. The number of fused-ring (bicyclic) bond motifs is 1. The third-order valence-corrected chi connectivity index (χ3v) is 5.48. The summed E-state index contributed by atoms with van der Waals surface area (Å²) < 4.78 is 7.10. The number of aromatic nitrogens is 3. The molecule has 4 rings (SSSR count). The minimum absolute atomic E-state index is 0.118. The van der Waals surface area contributed by atoms with E-state index in [4.69, 9.17) is 4.42 Å². The van der Waals surface area contributed by atoms with Crippen molar-refractivity contribution in [3.05, 3.63) is 60.6 Å². The van der Waals surface area contributed by atoms with Crippen molar-refractivity contribution < 1.29 is 14.3 Å². The lowest BCUT2D eigenvalue weighted by molar-refractivity contribution is -0.118. The van der Waals surface area contributed by atoms with Gasteiger partial charge in [0.15, 0.2) is 11.0 Å². The number of benzene rings is 2. The summed E-state index contributed by atoms with van der Waals surface area (Å²) in [4.78, 5) is 12.1. The first-order valence-corrected chi connectivity index (χ1v) is 10.2. The average Bonchev–Trinajstić information content (AvgIpc) is 3.39. The largest absolute Gasteiger partial charge is 0.507 e. The molecule has 0 atom stereocenters. The summed E-state index contributed by atoms with van der Waals surface area (Å²) in [5, 5.41) is 24.4. The lowest BCUT2D eigenvalue weighted by atomic mass is 10.1. The van der Waals surface area contributed by atoms with Gasteiger partial charge in [-0.15, -0.1) is 10.2 Å². The number of nitrogens with zero attached hydrogens (tertiary/aromatic N) is 3. The van der Waals surface area contributed by atoms with Crippen LogP contribution in [-0.2, 0) is 17.9 Å². The maximum atomic E-state index is 12.1. The standard InChI is InChI=1S/C21H20N4O3S/c1-2-25-20(17-10-14-6-3-4-7-15(14)11-18(17)26)23-24-21(25)29-13-19(27)22-12-16-8-5-9-28-16/h3-11,26H,2,12-13H2,1H3,(H,22,27). The third-order valence-electron chi connectivity index (χ3n) is 4.51. The average molecular weight is 408 g/mol. The van der Waals surface area contributed by atoms with Crippen LogP contribution in [0.1, 0.15) is 12.7 Å². The monoisotopic (exact) mass is 408 g/mol. The fourth-order valence-electron chi connectivity index (χ4n) is 3.07. The van der Waals surface area contributed by atoms with Crippen LogP contribution in [0.3, 0.4) is 0 Å². The molecule has 0 aliphatic heterocycles. The Balaban J connectivity index is 1.51. The Morgan fingerprint density at radius 3 is 2.69 bits per heavy atom. The van der Waals surface area contributed by atoms with Crippen molar-refractivity contribution in [2.75, 3.05) is 5.75 Å². The predicted octanol–water partition coefficient (Wildman–Crippen LogP) is 3.83. The molecule has 1 amide bonds. The Morgan fingerprint density at radius 1 is 1.17 bits per heavy atom. The number of carbonyl (C=O) groups is 1. The van der Waals surface area contributed by atoms with Gasteiger partial charge in [0.05, 0.1) is 24.1 Å². The van der Waals surface area contributed by atoms with Gasteiger partial charge in [-0.25, -0.2) is 0 Å². The summed E-state index contributed by atoms with van der Waals surface area (Å²) in [5.41, 5.74) is 0.618. The van der Waals surface area contributed by atoms with Gasteiger partial charge in [0.1, 0.15) is 11.5 Å². The van der Waals surface area contributed by atoms with E-state index in [9.17, 15) is 9.90 Å². The fraction of sp³-hybridized carbons (Fsp3) is 0.190. The molecule has 2 aromatic heterocycles. The number of thioether (sulfide) groups is 1. The van der Waals surface area contributed by atoms with E-state index < -0.39 is 0 Å². The first-order chi connectivity index (χ1) is 14.2. The van der Waals surface area contributed by atoms with Crippen LogP contribution in [0.25, 0.3) is 22.2 Å². The minimum atomic E-state index is -0.118. The van der Waals surface area contributed by atoms with Gasteiger partial charge in [-0.3, -0.25) is 4.79 Å². The van der Waals surface area contributed by atoms with Gasteiger partial charge < -0.3 is 19.4 Å². The fourth-order valence-corrected chi connectivity index (χ4v) is 3.90. The van der Waals surface area contributed by atoms with Gasteiger partial charge in [0.2, 0.25) is 5.91 Å². The quantitative estimate of drug-likeness (QED) is 0.452. The van der Waals surface area contributed by atoms with Crippen LogP contribution in [0.2, 0.25) is 0 Å². The summed E-state index contributed by atoms with van der Waals surface area (Å²) in [6, 6.07) is 15.1. The molecular weight excluding hydrogens is 388 g/mol. The summed E-state index contributed by atoms with van der Waals surface area (Å²) >= 11 is 1.31. The summed E-state index contributed by atoms with van der Waals surface area (Å²) in [6.07, 6.45) is 1.57. The van der Waals surface area contributed by atoms with Crippen molar-refractivity contribution in [3.63, 3.8) is 0 Å². The molecule has 2 heterocycles. The van der Waals surface area contributed by atoms with Gasteiger partial charge in [-0.05, 0) is 42.0 Å². The number of phenolic OH excluding ortho intramolecular Hbond substituents is 1. The van der Waals surface area contributed by atoms with Crippen molar-refractivity contribution in [1.82, 2.24) is 20.1 Å². The molecule has 0 radical (unpaired) electrons. The highest BCUT2D eigenvalue weighted by Gasteiger charge is 2.18. The molecule has 0 unspecified atom stereocenters.